The lowest BCUT2D eigenvalue weighted by Gasteiger charge is -2.17. The van der Waals surface area contributed by atoms with E-state index in [0.29, 0.717) is 5.92 Å². The van der Waals surface area contributed by atoms with Gasteiger partial charge in [-0.3, -0.25) is 0 Å². The molecule has 1 aromatic carbocycles. The molecule has 2 rings (SSSR count). The number of nitrogens with one attached hydrogen (secondary N) is 1. The molecule has 1 fully saturated rings. The summed E-state index contributed by atoms with van der Waals surface area (Å²) >= 11 is 17.6. The Bertz CT molecular complexity index is 565. The maximum atomic E-state index is 12.3. The molecule has 1 unspecified atom stereocenters. The van der Waals surface area contributed by atoms with Crippen molar-refractivity contribution >= 4 is 44.8 Å². The van der Waals surface area contributed by atoms with Gasteiger partial charge in [0.2, 0.25) is 10.0 Å². The monoisotopic (exact) mass is 342 g/mol. The van der Waals surface area contributed by atoms with Crippen molar-refractivity contribution in [1.82, 2.24) is 4.72 Å². The second-order valence-electron chi connectivity index (χ2n) is 4.50. The zero-order valence-corrected chi connectivity index (χ0v) is 13.0. The minimum atomic E-state index is -3.81. The van der Waals surface area contributed by atoms with Gasteiger partial charge in [0.15, 0.2) is 0 Å². The van der Waals surface area contributed by atoms with E-state index < -0.39 is 10.0 Å². The fraction of sp³-hybridized carbons (Fsp3) is 0.455. The summed E-state index contributed by atoms with van der Waals surface area (Å²) in [7, 11) is -3.81. The van der Waals surface area contributed by atoms with E-state index in [9.17, 15) is 8.42 Å². The average Bonchev–Trinajstić information content (AvgIpc) is 3.07. The van der Waals surface area contributed by atoms with Crippen molar-refractivity contribution in [2.24, 2.45) is 11.7 Å². The Labute approximate surface area is 127 Å². The number of nitrogens with two attached hydrogens (primary N) is 1. The van der Waals surface area contributed by atoms with Crippen LogP contribution < -0.4 is 10.5 Å². The van der Waals surface area contributed by atoms with Crippen LogP contribution in [0.25, 0.3) is 0 Å². The SMILES string of the molecule is NCC(NS(=O)(=O)c1c(Cl)cc(Cl)cc1Cl)C1CC1. The molecule has 1 aliphatic rings. The van der Waals surface area contributed by atoms with Crippen molar-refractivity contribution in [2.45, 2.75) is 23.8 Å². The third-order valence-electron chi connectivity index (χ3n) is 2.98. The summed E-state index contributed by atoms with van der Waals surface area (Å²) in [5.74, 6) is 0.296. The molecular weight excluding hydrogens is 331 g/mol. The molecule has 0 amide bonds. The molecule has 1 saturated carbocycles. The zero-order valence-electron chi connectivity index (χ0n) is 9.87. The molecule has 0 heterocycles. The number of rotatable bonds is 5. The molecule has 1 atom stereocenters. The normalized spacial score (nSPS) is 17.5. The molecule has 0 aliphatic heterocycles. The largest absolute Gasteiger partial charge is 0.329 e. The van der Waals surface area contributed by atoms with Gasteiger partial charge >= 0.3 is 0 Å². The van der Waals surface area contributed by atoms with E-state index in [0.717, 1.165) is 12.8 Å². The molecule has 0 bridgehead atoms. The first kappa shape index (κ1) is 15.4. The average molecular weight is 344 g/mol. The summed E-state index contributed by atoms with van der Waals surface area (Å²) in [6.07, 6.45) is 1.96. The highest BCUT2D eigenvalue weighted by atomic mass is 35.5. The van der Waals surface area contributed by atoms with Gasteiger partial charge in [-0.1, -0.05) is 34.8 Å². The number of benzene rings is 1. The zero-order chi connectivity index (χ0) is 14.2. The molecule has 0 spiro atoms. The van der Waals surface area contributed by atoms with Crippen LogP contribution in [-0.2, 0) is 10.0 Å². The van der Waals surface area contributed by atoms with Crippen LogP contribution in [0.1, 0.15) is 12.8 Å². The molecule has 1 aromatic rings. The Kier molecular flexibility index (Phi) is 4.65. The van der Waals surface area contributed by atoms with Gasteiger partial charge < -0.3 is 5.73 Å². The van der Waals surface area contributed by atoms with Gasteiger partial charge in [0, 0.05) is 17.6 Å². The fourth-order valence-electron chi connectivity index (χ4n) is 1.88. The van der Waals surface area contributed by atoms with E-state index in [4.69, 9.17) is 40.5 Å². The number of hydrogen-bond acceptors (Lipinski definition) is 3. The summed E-state index contributed by atoms with van der Waals surface area (Å²) in [5.41, 5.74) is 5.59. The van der Waals surface area contributed by atoms with Gasteiger partial charge in [0.25, 0.3) is 0 Å². The van der Waals surface area contributed by atoms with Crippen LogP contribution in [0.5, 0.6) is 0 Å². The first-order chi connectivity index (χ1) is 8.85. The number of hydrogen-bond donors (Lipinski definition) is 2. The van der Waals surface area contributed by atoms with Gasteiger partial charge in [0.05, 0.1) is 10.0 Å². The number of sulfonamides is 1. The highest BCUT2D eigenvalue weighted by Crippen LogP contribution is 2.35. The second kappa shape index (κ2) is 5.76. The first-order valence-electron chi connectivity index (χ1n) is 5.72. The maximum Gasteiger partial charge on any atom is 0.243 e. The lowest BCUT2D eigenvalue weighted by atomic mass is 10.2. The lowest BCUT2D eigenvalue weighted by Crippen LogP contribution is -2.41. The molecule has 1 aliphatic carbocycles. The Morgan fingerprint density at radius 2 is 1.79 bits per heavy atom. The summed E-state index contributed by atoms with van der Waals surface area (Å²) < 4.78 is 27.2. The van der Waals surface area contributed by atoms with Crippen LogP contribution in [0.15, 0.2) is 17.0 Å². The highest BCUT2D eigenvalue weighted by molar-refractivity contribution is 7.89. The van der Waals surface area contributed by atoms with E-state index in [2.05, 4.69) is 4.72 Å². The van der Waals surface area contributed by atoms with Crippen molar-refractivity contribution in [3.63, 3.8) is 0 Å². The van der Waals surface area contributed by atoms with Gasteiger partial charge in [0.1, 0.15) is 4.90 Å². The quantitative estimate of drug-likeness (QED) is 0.863. The smallest absolute Gasteiger partial charge is 0.243 e. The van der Waals surface area contributed by atoms with Crippen LogP contribution in [0.4, 0.5) is 0 Å². The first-order valence-corrected chi connectivity index (χ1v) is 8.34. The Morgan fingerprint density at radius 3 is 2.21 bits per heavy atom. The second-order valence-corrected chi connectivity index (χ2v) is 7.40. The molecule has 0 aromatic heterocycles. The van der Waals surface area contributed by atoms with E-state index in [1.54, 1.807) is 0 Å². The lowest BCUT2D eigenvalue weighted by molar-refractivity contribution is 0.519. The molecule has 0 radical (unpaired) electrons. The van der Waals surface area contributed by atoms with E-state index in [-0.39, 0.29) is 32.5 Å². The van der Waals surface area contributed by atoms with Crippen LogP contribution in [0.2, 0.25) is 15.1 Å². The summed E-state index contributed by atoms with van der Waals surface area (Å²) in [6, 6.07) is 2.41. The van der Waals surface area contributed by atoms with Crippen molar-refractivity contribution in [1.29, 1.82) is 0 Å². The van der Waals surface area contributed by atoms with Crippen molar-refractivity contribution in [3.8, 4) is 0 Å². The Balaban J connectivity index is 2.33. The van der Waals surface area contributed by atoms with Gasteiger partial charge in [-0.25, -0.2) is 13.1 Å². The Morgan fingerprint density at radius 1 is 1.26 bits per heavy atom. The van der Waals surface area contributed by atoms with Crippen molar-refractivity contribution in [3.05, 3.63) is 27.2 Å². The maximum absolute atomic E-state index is 12.3. The minimum absolute atomic E-state index is 0.00318. The molecule has 8 heteroatoms. The van der Waals surface area contributed by atoms with Crippen molar-refractivity contribution in [2.75, 3.05) is 6.54 Å². The molecular formula is C11H13Cl3N2O2S. The van der Waals surface area contributed by atoms with Crippen LogP contribution >= 0.6 is 34.8 Å². The topological polar surface area (TPSA) is 72.2 Å². The molecule has 4 nitrogen and oxygen atoms in total. The summed E-state index contributed by atoms with van der Waals surface area (Å²) in [6.45, 7) is 0.243. The minimum Gasteiger partial charge on any atom is -0.329 e. The highest BCUT2D eigenvalue weighted by Gasteiger charge is 2.34. The predicted molar refractivity (Wildman–Crippen MR) is 77.4 cm³/mol. The standard InChI is InChI=1S/C11H13Cl3N2O2S/c12-7-3-8(13)11(9(14)4-7)19(17,18)16-10(5-15)6-1-2-6/h3-4,6,10,16H,1-2,5,15H2. The van der Waals surface area contributed by atoms with E-state index >= 15 is 0 Å². The van der Waals surface area contributed by atoms with Gasteiger partial charge in [-0.05, 0) is 30.9 Å². The fourth-order valence-corrected chi connectivity index (χ4v) is 4.74. The molecule has 19 heavy (non-hydrogen) atoms. The van der Waals surface area contributed by atoms with E-state index in [1.807, 2.05) is 0 Å². The Hall–Kier alpha value is -0.0400. The van der Waals surface area contributed by atoms with Gasteiger partial charge in [-0.15, -0.1) is 0 Å². The van der Waals surface area contributed by atoms with Crippen LogP contribution in [-0.4, -0.2) is 21.0 Å². The van der Waals surface area contributed by atoms with Gasteiger partial charge in [-0.2, -0.15) is 0 Å². The summed E-state index contributed by atoms with van der Waals surface area (Å²) in [5, 5.41) is 0.277. The molecule has 0 saturated heterocycles. The third kappa shape index (κ3) is 3.54. The molecule has 3 N–H and O–H groups in total. The predicted octanol–water partition coefficient (Wildman–Crippen LogP) is 2.66. The van der Waals surface area contributed by atoms with E-state index in [1.165, 1.54) is 12.1 Å². The van der Waals surface area contributed by atoms with Crippen molar-refractivity contribution < 1.29 is 8.42 Å². The third-order valence-corrected chi connectivity index (χ3v) is 5.61. The molecule has 106 valence electrons. The van der Waals surface area contributed by atoms with Crippen LogP contribution in [0.3, 0.4) is 0 Å². The summed E-state index contributed by atoms with van der Waals surface area (Å²) in [4.78, 5) is -0.153. The number of halogens is 3. The van der Waals surface area contributed by atoms with Crippen LogP contribution in [0, 0.1) is 5.92 Å².